The number of hydrogen-bond acceptors (Lipinski definition) is 5. The highest BCUT2D eigenvalue weighted by atomic mass is 32.2. The molecule has 2 N–H and O–H groups in total. The van der Waals surface area contributed by atoms with Crippen LogP contribution in [-0.4, -0.2) is 28.2 Å². The van der Waals surface area contributed by atoms with Gasteiger partial charge in [0.1, 0.15) is 10.7 Å². The molecule has 2 aromatic heterocycles. The van der Waals surface area contributed by atoms with Crippen molar-refractivity contribution in [1.29, 1.82) is 0 Å². The monoisotopic (exact) mass is 481 g/mol. The van der Waals surface area contributed by atoms with Gasteiger partial charge in [0.25, 0.3) is 5.56 Å². The second kappa shape index (κ2) is 9.66. The summed E-state index contributed by atoms with van der Waals surface area (Å²) in [6.07, 6.45) is -0.496. The van der Waals surface area contributed by atoms with Crippen LogP contribution in [-0.2, 0) is 36.0 Å². The molecule has 4 rings (SSSR count). The van der Waals surface area contributed by atoms with Crippen LogP contribution < -0.4 is 10.9 Å². The highest BCUT2D eigenvalue weighted by Gasteiger charge is 2.29. The quantitative estimate of drug-likeness (QED) is 0.466. The first-order chi connectivity index (χ1) is 15.3. The summed E-state index contributed by atoms with van der Waals surface area (Å²) in [5.74, 6) is 1.60. The first-order valence-corrected chi connectivity index (χ1v) is 12.3. The molecule has 0 unspecified atom stereocenters. The normalized spacial score (nSPS) is 13.5. The zero-order chi connectivity index (χ0) is 22.7. The largest absolute Gasteiger partial charge is 0.416 e. The van der Waals surface area contributed by atoms with E-state index in [0.29, 0.717) is 36.7 Å². The lowest BCUT2D eigenvalue weighted by atomic mass is 10.1. The molecule has 1 aromatic carbocycles. The third-order valence-electron chi connectivity index (χ3n) is 5.35. The molecule has 0 bridgehead atoms. The third-order valence-corrected chi connectivity index (χ3v) is 7.51. The number of nitrogens with one attached hydrogen (secondary N) is 2. The average molecular weight is 482 g/mol. The fourth-order valence-corrected chi connectivity index (χ4v) is 5.83. The lowest BCUT2D eigenvalue weighted by molar-refractivity contribution is -0.137. The van der Waals surface area contributed by atoms with E-state index in [2.05, 4.69) is 15.3 Å². The summed E-state index contributed by atoms with van der Waals surface area (Å²) in [5.41, 5.74) is 1.13. The maximum Gasteiger partial charge on any atom is 0.416 e. The Morgan fingerprint density at radius 1 is 1.22 bits per heavy atom. The van der Waals surface area contributed by atoms with Gasteiger partial charge >= 0.3 is 6.18 Å². The number of aromatic amines is 1. The molecular formula is C22H22F3N3O2S2. The summed E-state index contributed by atoms with van der Waals surface area (Å²) < 4.78 is 37.7. The summed E-state index contributed by atoms with van der Waals surface area (Å²) in [4.78, 5) is 34.0. The molecule has 10 heteroatoms. The Hall–Kier alpha value is -2.33. The zero-order valence-electron chi connectivity index (χ0n) is 17.2. The predicted octanol–water partition coefficient (Wildman–Crippen LogP) is 4.47. The van der Waals surface area contributed by atoms with Crippen LogP contribution in [0.1, 0.15) is 40.2 Å². The smallest absolute Gasteiger partial charge is 0.356 e. The number of amides is 1. The molecule has 0 radical (unpaired) electrons. The summed E-state index contributed by atoms with van der Waals surface area (Å²) in [5, 5.41) is 3.52. The molecule has 1 aliphatic carbocycles. The van der Waals surface area contributed by atoms with Gasteiger partial charge in [-0.15, -0.1) is 11.3 Å². The van der Waals surface area contributed by atoms with E-state index in [1.807, 2.05) is 0 Å². The minimum atomic E-state index is -4.34. The molecule has 1 amide bonds. The second-order valence-corrected chi connectivity index (χ2v) is 9.84. The number of nitrogens with zero attached hydrogens (tertiary/aromatic N) is 1. The van der Waals surface area contributed by atoms with E-state index >= 15 is 0 Å². The first kappa shape index (κ1) is 22.8. The third kappa shape index (κ3) is 5.35. The van der Waals surface area contributed by atoms with Gasteiger partial charge < -0.3 is 10.3 Å². The van der Waals surface area contributed by atoms with E-state index in [1.165, 1.54) is 28.8 Å². The van der Waals surface area contributed by atoms with Gasteiger partial charge in [0, 0.05) is 23.6 Å². The van der Waals surface area contributed by atoms with E-state index in [9.17, 15) is 22.8 Å². The molecule has 1 aliphatic rings. The van der Waals surface area contributed by atoms with Crippen LogP contribution in [0.25, 0.3) is 10.2 Å². The molecule has 0 spiro atoms. The van der Waals surface area contributed by atoms with Crippen LogP contribution in [0.15, 0.2) is 29.1 Å². The van der Waals surface area contributed by atoms with Gasteiger partial charge in [-0.25, -0.2) is 4.98 Å². The number of halogens is 3. The van der Waals surface area contributed by atoms with E-state index in [1.54, 1.807) is 11.3 Å². The number of H-pyrrole nitrogens is 1. The van der Waals surface area contributed by atoms with Gasteiger partial charge in [-0.05, 0) is 48.9 Å². The number of carbonyl (C=O) groups excluding carboxylic acids is 1. The minimum Gasteiger partial charge on any atom is -0.356 e. The Morgan fingerprint density at radius 2 is 2.00 bits per heavy atom. The lowest BCUT2D eigenvalue weighted by Crippen LogP contribution is -2.26. The van der Waals surface area contributed by atoms with E-state index in [-0.39, 0.29) is 11.5 Å². The molecule has 0 aliphatic heterocycles. The molecule has 3 aromatic rings. The maximum absolute atomic E-state index is 12.6. The number of alkyl halides is 3. The summed E-state index contributed by atoms with van der Waals surface area (Å²) >= 11 is 3.13. The van der Waals surface area contributed by atoms with E-state index in [4.69, 9.17) is 0 Å². The maximum atomic E-state index is 12.6. The van der Waals surface area contributed by atoms with Gasteiger partial charge in [0.05, 0.1) is 16.7 Å². The second-order valence-electron chi connectivity index (χ2n) is 7.65. The van der Waals surface area contributed by atoms with Crippen molar-refractivity contribution in [3.63, 3.8) is 0 Å². The first-order valence-electron chi connectivity index (χ1n) is 10.4. The fraction of sp³-hybridized carbons (Fsp3) is 0.409. The van der Waals surface area contributed by atoms with Gasteiger partial charge in [-0.1, -0.05) is 12.1 Å². The molecule has 0 saturated carbocycles. The number of aryl methyl sites for hydroxylation is 2. The van der Waals surface area contributed by atoms with Gasteiger partial charge in [-0.3, -0.25) is 9.59 Å². The van der Waals surface area contributed by atoms with E-state index in [0.717, 1.165) is 52.7 Å². The van der Waals surface area contributed by atoms with Crippen molar-refractivity contribution in [2.75, 3.05) is 12.3 Å². The van der Waals surface area contributed by atoms with Gasteiger partial charge in [0.2, 0.25) is 5.91 Å². The molecule has 2 heterocycles. The Balaban J connectivity index is 1.18. The van der Waals surface area contributed by atoms with Crippen molar-refractivity contribution in [2.24, 2.45) is 0 Å². The summed E-state index contributed by atoms with van der Waals surface area (Å²) in [6.45, 7) is 0.365. The Bertz CT molecular complexity index is 1170. The fourth-order valence-electron chi connectivity index (χ4n) is 3.74. The van der Waals surface area contributed by atoms with Crippen LogP contribution in [0.2, 0.25) is 0 Å². The standard InChI is InChI=1S/C22H22F3N3O2S2/c23-22(24,25)14-6-4-13(5-7-14)8-10-26-18(29)9-11-31-12-17-27-20(30)19-15-2-1-3-16(15)32-21(19)28-17/h4-7H,1-3,8-12H2,(H,26,29)(H,27,28,30). The van der Waals surface area contributed by atoms with Crippen molar-refractivity contribution in [3.8, 4) is 0 Å². The topological polar surface area (TPSA) is 74.8 Å². The molecule has 0 saturated heterocycles. The molecule has 5 nitrogen and oxygen atoms in total. The zero-order valence-corrected chi connectivity index (χ0v) is 18.8. The molecule has 170 valence electrons. The number of fused-ring (bicyclic) bond motifs is 3. The number of rotatable bonds is 8. The SMILES string of the molecule is O=C(CCSCc1nc2sc3c(c2c(=O)[nH]1)CCC3)NCCc1ccc(C(F)(F)F)cc1. The Kier molecular flexibility index (Phi) is 6.90. The average Bonchev–Trinajstić information content (AvgIpc) is 3.32. The summed E-state index contributed by atoms with van der Waals surface area (Å²) in [6, 6.07) is 4.95. The molecule has 0 fully saturated rings. The van der Waals surface area contributed by atoms with Crippen molar-refractivity contribution < 1.29 is 18.0 Å². The van der Waals surface area contributed by atoms with Crippen LogP contribution in [0.4, 0.5) is 13.2 Å². The van der Waals surface area contributed by atoms with Crippen molar-refractivity contribution in [3.05, 3.63) is 62.0 Å². The highest BCUT2D eigenvalue weighted by Crippen LogP contribution is 2.34. The van der Waals surface area contributed by atoms with Crippen LogP contribution >= 0.6 is 23.1 Å². The number of thioether (sulfide) groups is 1. The van der Waals surface area contributed by atoms with Crippen LogP contribution in [0.3, 0.4) is 0 Å². The highest BCUT2D eigenvalue weighted by molar-refractivity contribution is 7.98. The van der Waals surface area contributed by atoms with Gasteiger partial charge in [-0.2, -0.15) is 24.9 Å². The Labute approximate surface area is 190 Å². The number of carbonyl (C=O) groups is 1. The number of benzene rings is 1. The number of thiophene rings is 1. The minimum absolute atomic E-state index is 0.0778. The van der Waals surface area contributed by atoms with Crippen molar-refractivity contribution in [1.82, 2.24) is 15.3 Å². The van der Waals surface area contributed by atoms with Crippen LogP contribution in [0.5, 0.6) is 0 Å². The van der Waals surface area contributed by atoms with Crippen LogP contribution in [0, 0.1) is 0 Å². The molecule has 32 heavy (non-hydrogen) atoms. The Morgan fingerprint density at radius 3 is 2.75 bits per heavy atom. The molecule has 0 atom stereocenters. The lowest BCUT2D eigenvalue weighted by Gasteiger charge is -2.08. The predicted molar refractivity (Wildman–Crippen MR) is 121 cm³/mol. The number of hydrogen-bond donors (Lipinski definition) is 2. The van der Waals surface area contributed by atoms with E-state index < -0.39 is 11.7 Å². The number of aromatic nitrogens is 2. The molecular weight excluding hydrogens is 459 g/mol. The summed E-state index contributed by atoms with van der Waals surface area (Å²) in [7, 11) is 0. The van der Waals surface area contributed by atoms with Crippen molar-refractivity contribution >= 4 is 39.2 Å². The van der Waals surface area contributed by atoms with Crippen molar-refractivity contribution in [2.45, 2.75) is 44.0 Å². The van der Waals surface area contributed by atoms with Gasteiger partial charge in [0.15, 0.2) is 0 Å².